The van der Waals surface area contributed by atoms with E-state index in [1.165, 1.54) is 0 Å². The van der Waals surface area contributed by atoms with E-state index < -0.39 is 6.10 Å². The van der Waals surface area contributed by atoms with E-state index in [1.807, 2.05) is 0 Å². The van der Waals surface area contributed by atoms with Crippen molar-refractivity contribution < 1.29 is 14.9 Å². The zero-order chi connectivity index (χ0) is 7.11. The lowest BCUT2D eigenvalue weighted by Crippen LogP contribution is -2.10. The van der Waals surface area contributed by atoms with E-state index in [-0.39, 0.29) is 0 Å². The molecule has 0 bridgehead atoms. The number of hydrogen-bond donors (Lipinski definition) is 2. The second-order valence-electron chi connectivity index (χ2n) is 1.90. The third-order valence-electron chi connectivity index (χ3n) is 0.750. The molecule has 0 aliphatic heterocycles. The molecule has 0 aliphatic carbocycles. The largest absolute Gasteiger partial charge is 0.391 e. The summed E-state index contributed by atoms with van der Waals surface area (Å²) in [5.41, 5.74) is 0. The van der Waals surface area contributed by atoms with Gasteiger partial charge in [0, 0.05) is 6.61 Å². The normalized spacial score (nSPS) is 13.7. The molecule has 0 aliphatic rings. The van der Waals surface area contributed by atoms with Gasteiger partial charge in [0.15, 0.2) is 0 Å². The Labute approximate surface area is 55.3 Å². The van der Waals surface area contributed by atoms with Gasteiger partial charge in [-0.2, -0.15) is 0 Å². The monoisotopic (exact) mass is 133 g/mol. The summed E-state index contributed by atoms with van der Waals surface area (Å²) in [7, 11) is 0. The summed E-state index contributed by atoms with van der Waals surface area (Å²) in [5.74, 6) is 0. The molecule has 3 heteroatoms. The fourth-order valence-corrected chi connectivity index (χ4v) is 0.390. The van der Waals surface area contributed by atoms with Gasteiger partial charge in [-0.05, 0) is 13.3 Å². The van der Waals surface area contributed by atoms with Gasteiger partial charge in [-0.3, -0.25) is 0 Å². The van der Waals surface area contributed by atoms with E-state index in [2.05, 4.69) is 0 Å². The highest BCUT2D eigenvalue weighted by molar-refractivity contribution is 4.46. The van der Waals surface area contributed by atoms with Crippen LogP contribution in [0.15, 0.2) is 0 Å². The number of rotatable bonds is 5. The maximum Gasteiger partial charge on any atom is 0.0821 e. The first-order valence-electron chi connectivity index (χ1n) is 2.99. The highest BCUT2D eigenvalue weighted by Gasteiger charge is 1.93. The van der Waals surface area contributed by atoms with Gasteiger partial charge in [0.2, 0.25) is 0 Å². The van der Waals surface area contributed by atoms with E-state index in [9.17, 15) is 0 Å². The molecule has 0 amide bonds. The van der Waals surface area contributed by atoms with Crippen LogP contribution in [0.25, 0.3) is 0 Å². The Balaban J connectivity index is 2.75. The molecule has 0 rings (SSSR count). The van der Waals surface area contributed by atoms with Gasteiger partial charge in [0.1, 0.15) is 0 Å². The topological polar surface area (TPSA) is 49.7 Å². The van der Waals surface area contributed by atoms with E-state index in [4.69, 9.17) is 14.9 Å². The molecule has 1 atom stereocenters. The first kappa shape index (κ1) is 8.88. The van der Waals surface area contributed by atoms with Crippen molar-refractivity contribution in [3.63, 3.8) is 0 Å². The first-order valence-corrected chi connectivity index (χ1v) is 2.99. The minimum atomic E-state index is -0.413. The standard InChI is InChI=1S/C6H13O3/c1-6(8)5-9-4-2-3-7/h3,6-8H,2,4-5H2,1H3. The third-order valence-corrected chi connectivity index (χ3v) is 0.750. The summed E-state index contributed by atoms with van der Waals surface area (Å²) >= 11 is 0. The molecule has 0 saturated heterocycles. The van der Waals surface area contributed by atoms with Crippen molar-refractivity contribution >= 4 is 0 Å². The van der Waals surface area contributed by atoms with Crippen LogP contribution >= 0.6 is 0 Å². The summed E-state index contributed by atoms with van der Waals surface area (Å²) < 4.78 is 4.89. The molecule has 3 nitrogen and oxygen atoms in total. The van der Waals surface area contributed by atoms with Crippen molar-refractivity contribution in [2.75, 3.05) is 13.2 Å². The third kappa shape index (κ3) is 7.88. The van der Waals surface area contributed by atoms with Crippen LogP contribution in [0.1, 0.15) is 13.3 Å². The number of hydrogen-bond acceptors (Lipinski definition) is 3. The summed E-state index contributed by atoms with van der Waals surface area (Å²) in [6.07, 6.45) is 0.107. The van der Waals surface area contributed by atoms with E-state index in [0.29, 0.717) is 19.6 Å². The van der Waals surface area contributed by atoms with Crippen molar-refractivity contribution in [3.8, 4) is 0 Å². The summed E-state index contributed by atoms with van der Waals surface area (Å²) in [5, 5.41) is 16.8. The number of aliphatic hydroxyl groups is 2. The number of ether oxygens (including phenoxy) is 1. The second kappa shape index (κ2) is 6.01. The van der Waals surface area contributed by atoms with E-state index in [1.54, 1.807) is 6.92 Å². The lowest BCUT2D eigenvalue weighted by atomic mass is 10.4. The highest BCUT2D eigenvalue weighted by atomic mass is 16.5. The van der Waals surface area contributed by atoms with Gasteiger partial charge in [-0.25, -0.2) is 0 Å². The lowest BCUT2D eigenvalue weighted by Gasteiger charge is -2.03. The molecule has 0 aromatic carbocycles. The molecule has 2 N–H and O–H groups in total. The van der Waals surface area contributed by atoms with Gasteiger partial charge in [-0.15, -0.1) is 0 Å². The molecule has 0 saturated carbocycles. The fraction of sp³-hybridized carbons (Fsp3) is 0.833. The minimum absolute atomic E-state index is 0.341. The molecule has 0 heterocycles. The van der Waals surface area contributed by atoms with E-state index >= 15 is 0 Å². The van der Waals surface area contributed by atoms with Crippen LogP contribution in [0.3, 0.4) is 0 Å². The Bertz CT molecular complexity index is 54.3. The molecule has 0 aromatic heterocycles. The average molecular weight is 133 g/mol. The van der Waals surface area contributed by atoms with Gasteiger partial charge in [0.05, 0.1) is 19.3 Å². The van der Waals surface area contributed by atoms with Crippen LogP contribution in [0.4, 0.5) is 0 Å². The Hall–Kier alpha value is -0.120. The van der Waals surface area contributed by atoms with Crippen LogP contribution in [0.5, 0.6) is 0 Å². The van der Waals surface area contributed by atoms with Crippen molar-refractivity contribution in [1.82, 2.24) is 0 Å². The first-order chi connectivity index (χ1) is 4.27. The molecular weight excluding hydrogens is 120 g/mol. The molecule has 55 valence electrons. The molecule has 9 heavy (non-hydrogen) atoms. The maximum atomic E-state index is 8.65. The Morgan fingerprint density at radius 2 is 2.33 bits per heavy atom. The van der Waals surface area contributed by atoms with Crippen LogP contribution in [0.2, 0.25) is 0 Å². The van der Waals surface area contributed by atoms with Gasteiger partial charge in [0.25, 0.3) is 0 Å². The minimum Gasteiger partial charge on any atom is -0.391 e. The van der Waals surface area contributed by atoms with Crippen molar-refractivity contribution in [3.05, 3.63) is 6.61 Å². The average Bonchev–Trinajstić information content (AvgIpc) is 1.80. The smallest absolute Gasteiger partial charge is 0.0821 e. The molecule has 0 spiro atoms. The fourth-order valence-electron chi connectivity index (χ4n) is 0.390. The molecular formula is C6H13O3. The van der Waals surface area contributed by atoms with Crippen LogP contribution < -0.4 is 0 Å². The summed E-state index contributed by atoms with van der Waals surface area (Å²) in [6.45, 7) is 3.51. The number of aliphatic hydroxyl groups excluding tert-OH is 2. The zero-order valence-electron chi connectivity index (χ0n) is 5.58. The van der Waals surface area contributed by atoms with Crippen LogP contribution in [-0.4, -0.2) is 29.5 Å². The predicted octanol–water partition coefficient (Wildman–Crippen LogP) is 0.308. The summed E-state index contributed by atoms with van der Waals surface area (Å²) in [6, 6.07) is 0. The maximum absolute atomic E-state index is 8.65. The Morgan fingerprint density at radius 3 is 2.78 bits per heavy atom. The molecule has 0 fully saturated rings. The molecule has 1 unspecified atom stereocenters. The van der Waals surface area contributed by atoms with Crippen molar-refractivity contribution in [2.45, 2.75) is 19.4 Å². The predicted molar refractivity (Wildman–Crippen MR) is 33.4 cm³/mol. The second-order valence-corrected chi connectivity index (χ2v) is 1.90. The lowest BCUT2D eigenvalue weighted by molar-refractivity contribution is 0.0443. The molecule has 0 aromatic rings. The highest BCUT2D eigenvalue weighted by Crippen LogP contribution is 1.86. The van der Waals surface area contributed by atoms with Crippen molar-refractivity contribution in [2.24, 2.45) is 0 Å². The van der Waals surface area contributed by atoms with Gasteiger partial charge in [-0.1, -0.05) is 0 Å². The van der Waals surface area contributed by atoms with Crippen LogP contribution in [-0.2, 0) is 4.74 Å². The summed E-state index contributed by atoms with van der Waals surface area (Å²) in [4.78, 5) is 0. The van der Waals surface area contributed by atoms with E-state index in [0.717, 1.165) is 6.61 Å². The quantitative estimate of drug-likeness (QED) is 0.530. The Morgan fingerprint density at radius 1 is 1.67 bits per heavy atom. The van der Waals surface area contributed by atoms with Gasteiger partial charge < -0.3 is 14.9 Å². The zero-order valence-corrected chi connectivity index (χ0v) is 5.58. The van der Waals surface area contributed by atoms with Crippen LogP contribution in [0, 0.1) is 6.61 Å². The Kier molecular flexibility index (Phi) is 5.93. The molecule has 1 radical (unpaired) electrons. The van der Waals surface area contributed by atoms with Crippen molar-refractivity contribution in [1.29, 1.82) is 0 Å². The van der Waals surface area contributed by atoms with Gasteiger partial charge >= 0.3 is 0 Å². The SMILES string of the molecule is CC(O)COCC[CH]O.